The Hall–Kier alpha value is -3.13. The molecular formula is C20H24N3O5+. The van der Waals surface area contributed by atoms with E-state index in [9.17, 15) is 14.9 Å². The van der Waals surface area contributed by atoms with Gasteiger partial charge in [0.15, 0.2) is 11.5 Å². The Morgan fingerprint density at radius 1 is 1.11 bits per heavy atom. The van der Waals surface area contributed by atoms with Crippen LogP contribution in [0.3, 0.4) is 0 Å². The molecule has 0 spiro atoms. The lowest BCUT2D eigenvalue weighted by molar-refractivity contribution is -0.917. The van der Waals surface area contributed by atoms with Crippen molar-refractivity contribution in [3.05, 3.63) is 63.7 Å². The van der Waals surface area contributed by atoms with Crippen LogP contribution >= 0.6 is 0 Å². The number of ether oxygens (including phenoxy) is 2. The number of amides is 1. The molecule has 1 amide bonds. The predicted octanol–water partition coefficient (Wildman–Crippen LogP) is 1.15. The molecule has 1 aliphatic rings. The third-order valence-electron chi connectivity index (χ3n) is 5.02. The van der Waals surface area contributed by atoms with Crippen molar-refractivity contribution in [3.63, 3.8) is 0 Å². The van der Waals surface area contributed by atoms with Gasteiger partial charge in [-0.25, -0.2) is 0 Å². The molecule has 2 aromatic rings. The SMILES string of the molecule is COc1cccc(C(=O)N2CC[NH+](Cc3ccccc3[N+](=O)[O-])CC2)c1OC. The summed E-state index contributed by atoms with van der Waals surface area (Å²) >= 11 is 0. The van der Waals surface area contributed by atoms with Gasteiger partial charge in [-0.15, -0.1) is 0 Å². The van der Waals surface area contributed by atoms with Gasteiger partial charge in [0.1, 0.15) is 6.54 Å². The van der Waals surface area contributed by atoms with E-state index in [4.69, 9.17) is 9.47 Å². The summed E-state index contributed by atoms with van der Waals surface area (Å²) < 4.78 is 10.6. The summed E-state index contributed by atoms with van der Waals surface area (Å²) in [5, 5.41) is 11.2. The summed E-state index contributed by atoms with van der Waals surface area (Å²) in [6, 6.07) is 12.1. The number of nitrogens with one attached hydrogen (secondary N) is 1. The zero-order chi connectivity index (χ0) is 20.1. The van der Waals surface area contributed by atoms with Gasteiger partial charge >= 0.3 is 0 Å². The number of nitrogens with zero attached hydrogens (tertiary/aromatic N) is 2. The Bertz CT molecular complexity index is 863. The van der Waals surface area contributed by atoms with E-state index in [2.05, 4.69) is 0 Å². The van der Waals surface area contributed by atoms with Gasteiger partial charge in [-0.1, -0.05) is 18.2 Å². The molecule has 0 unspecified atom stereocenters. The van der Waals surface area contributed by atoms with E-state index in [1.807, 2.05) is 6.07 Å². The zero-order valence-corrected chi connectivity index (χ0v) is 16.0. The summed E-state index contributed by atoms with van der Waals surface area (Å²) in [4.78, 5) is 26.8. The molecule has 0 radical (unpaired) electrons. The first-order chi connectivity index (χ1) is 13.5. The fourth-order valence-electron chi connectivity index (χ4n) is 3.54. The Labute approximate surface area is 163 Å². The first-order valence-electron chi connectivity index (χ1n) is 9.11. The highest BCUT2D eigenvalue weighted by atomic mass is 16.6. The average Bonchev–Trinajstić information content (AvgIpc) is 2.73. The van der Waals surface area contributed by atoms with Gasteiger partial charge in [0.05, 0.1) is 56.4 Å². The van der Waals surface area contributed by atoms with Crippen molar-refractivity contribution in [1.82, 2.24) is 4.90 Å². The topological polar surface area (TPSA) is 86.3 Å². The second-order valence-electron chi connectivity index (χ2n) is 6.65. The number of quaternary nitrogens is 1. The van der Waals surface area contributed by atoms with Gasteiger partial charge < -0.3 is 19.3 Å². The zero-order valence-electron chi connectivity index (χ0n) is 16.0. The number of hydrogen-bond acceptors (Lipinski definition) is 5. The number of nitro groups is 1. The maximum Gasteiger partial charge on any atom is 0.278 e. The summed E-state index contributed by atoms with van der Waals surface area (Å²) in [7, 11) is 3.06. The number of piperazine rings is 1. The minimum absolute atomic E-state index is 0.0968. The number of carbonyl (C=O) groups is 1. The van der Waals surface area contributed by atoms with Crippen LogP contribution in [0.25, 0.3) is 0 Å². The predicted molar refractivity (Wildman–Crippen MR) is 103 cm³/mol. The molecule has 8 nitrogen and oxygen atoms in total. The van der Waals surface area contributed by atoms with Gasteiger partial charge in [0.25, 0.3) is 11.6 Å². The largest absolute Gasteiger partial charge is 0.493 e. The van der Waals surface area contributed by atoms with Gasteiger partial charge in [-0.3, -0.25) is 14.9 Å². The molecule has 8 heteroatoms. The van der Waals surface area contributed by atoms with Gasteiger partial charge in [0, 0.05) is 6.07 Å². The minimum Gasteiger partial charge on any atom is -0.493 e. The maximum absolute atomic E-state index is 12.9. The molecule has 0 aliphatic carbocycles. The van der Waals surface area contributed by atoms with Crippen molar-refractivity contribution in [2.45, 2.75) is 6.54 Å². The third-order valence-corrected chi connectivity index (χ3v) is 5.02. The summed E-state index contributed by atoms with van der Waals surface area (Å²) in [5.74, 6) is 0.860. The minimum atomic E-state index is -0.344. The Morgan fingerprint density at radius 3 is 2.46 bits per heavy atom. The second-order valence-corrected chi connectivity index (χ2v) is 6.65. The lowest BCUT2D eigenvalue weighted by Crippen LogP contribution is -3.13. The van der Waals surface area contributed by atoms with Crippen molar-refractivity contribution in [3.8, 4) is 11.5 Å². The summed E-state index contributed by atoms with van der Waals surface area (Å²) in [6.07, 6.45) is 0. The fourth-order valence-corrected chi connectivity index (χ4v) is 3.54. The molecule has 0 atom stereocenters. The molecule has 0 aromatic heterocycles. The Kier molecular flexibility index (Phi) is 6.10. The Morgan fingerprint density at radius 2 is 1.82 bits per heavy atom. The standard InChI is InChI=1S/C20H23N3O5/c1-27-18-9-5-7-16(19(18)28-2)20(24)22-12-10-21(11-13-22)14-15-6-3-4-8-17(15)23(25)26/h3-9H,10-14H2,1-2H3/p+1. The molecular weight excluding hydrogens is 362 g/mol. The lowest BCUT2D eigenvalue weighted by atomic mass is 10.1. The molecule has 0 bridgehead atoms. The van der Waals surface area contributed by atoms with Crippen molar-refractivity contribution in [2.75, 3.05) is 40.4 Å². The van der Waals surface area contributed by atoms with Crippen LogP contribution in [0.1, 0.15) is 15.9 Å². The van der Waals surface area contributed by atoms with Crippen LogP contribution in [-0.4, -0.2) is 56.1 Å². The fraction of sp³-hybridized carbons (Fsp3) is 0.350. The quantitative estimate of drug-likeness (QED) is 0.595. The average molecular weight is 386 g/mol. The number of benzene rings is 2. The number of para-hydroxylation sites is 2. The third kappa shape index (κ3) is 4.07. The number of rotatable bonds is 6. The van der Waals surface area contributed by atoms with E-state index in [-0.39, 0.29) is 16.5 Å². The summed E-state index contributed by atoms with van der Waals surface area (Å²) in [5.41, 5.74) is 1.34. The summed E-state index contributed by atoms with van der Waals surface area (Å²) in [6.45, 7) is 3.18. The van der Waals surface area contributed by atoms with Crippen LogP contribution in [0.15, 0.2) is 42.5 Å². The van der Waals surface area contributed by atoms with Crippen LogP contribution in [0.4, 0.5) is 5.69 Å². The van der Waals surface area contributed by atoms with E-state index in [1.165, 1.54) is 25.2 Å². The number of hydrogen-bond donors (Lipinski definition) is 1. The van der Waals surface area contributed by atoms with Crippen molar-refractivity contribution < 1.29 is 24.1 Å². The highest BCUT2D eigenvalue weighted by Crippen LogP contribution is 2.31. The molecule has 1 fully saturated rings. The molecule has 1 saturated heterocycles. The van der Waals surface area contributed by atoms with Crippen molar-refractivity contribution >= 4 is 11.6 Å². The molecule has 3 rings (SSSR count). The molecule has 1 heterocycles. The van der Waals surface area contributed by atoms with Gasteiger partial charge in [-0.2, -0.15) is 0 Å². The molecule has 1 N–H and O–H groups in total. The van der Waals surface area contributed by atoms with Crippen LogP contribution in [0.2, 0.25) is 0 Å². The Balaban J connectivity index is 1.66. The van der Waals surface area contributed by atoms with Crippen LogP contribution < -0.4 is 14.4 Å². The van der Waals surface area contributed by atoms with Crippen LogP contribution in [-0.2, 0) is 6.54 Å². The molecule has 28 heavy (non-hydrogen) atoms. The van der Waals surface area contributed by atoms with Gasteiger partial charge in [0.2, 0.25) is 0 Å². The normalized spacial score (nSPS) is 14.6. The highest BCUT2D eigenvalue weighted by Gasteiger charge is 2.28. The second kappa shape index (κ2) is 8.71. The van der Waals surface area contributed by atoms with Crippen LogP contribution in [0, 0.1) is 10.1 Å². The van der Waals surface area contributed by atoms with E-state index in [0.29, 0.717) is 36.7 Å². The first kappa shape index (κ1) is 19.6. The van der Waals surface area contributed by atoms with Gasteiger partial charge in [-0.05, 0) is 18.2 Å². The molecule has 0 saturated carbocycles. The van der Waals surface area contributed by atoms with E-state index in [0.717, 1.165) is 18.7 Å². The monoisotopic (exact) mass is 386 g/mol. The van der Waals surface area contributed by atoms with E-state index < -0.39 is 0 Å². The van der Waals surface area contributed by atoms with Crippen LogP contribution in [0.5, 0.6) is 11.5 Å². The number of carbonyl (C=O) groups excluding carboxylic acids is 1. The van der Waals surface area contributed by atoms with E-state index >= 15 is 0 Å². The van der Waals surface area contributed by atoms with Crippen molar-refractivity contribution in [2.24, 2.45) is 0 Å². The molecule has 1 aliphatic heterocycles. The van der Waals surface area contributed by atoms with Crippen molar-refractivity contribution in [1.29, 1.82) is 0 Å². The molecule has 2 aromatic carbocycles. The lowest BCUT2D eigenvalue weighted by Gasteiger charge is -2.32. The first-order valence-corrected chi connectivity index (χ1v) is 9.11. The smallest absolute Gasteiger partial charge is 0.278 e. The maximum atomic E-state index is 12.9. The number of nitro benzene ring substituents is 1. The highest BCUT2D eigenvalue weighted by molar-refractivity contribution is 5.97. The van der Waals surface area contributed by atoms with E-state index in [1.54, 1.807) is 35.2 Å². The number of methoxy groups -OCH3 is 2. The molecule has 148 valence electrons.